The lowest BCUT2D eigenvalue weighted by Gasteiger charge is -2.17. The Labute approximate surface area is 121 Å². The molecular formula is C14H17BrN4. The van der Waals surface area contributed by atoms with E-state index >= 15 is 0 Å². The molecule has 0 unspecified atom stereocenters. The van der Waals surface area contributed by atoms with Gasteiger partial charge in [-0.05, 0) is 19.0 Å². The molecule has 3 N–H and O–H groups in total. The normalized spacial score (nSPS) is 14.0. The van der Waals surface area contributed by atoms with Crippen molar-refractivity contribution < 1.29 is 0 Å². The van der Waals surface area contributed by atoms with E-state index in [-0.39, 0.29) is 0 Å². The van der Waals surface area contributed by atoms with Crippen molar-refractivity contribution in [2.45, 2.75) is 19.4 Å². The van der Waals surface area contributed by atoms with Crippen LogP contribution in [0.4, 0.5) is 5.95 Å². The van der Waals surface area contributed by atoms with Crippen molar-refractivity contribution in [1.82, 2.24) is 9.55 Å². The van der Waals surface area contributed by atoms with Crippen LogP contribution in [0.15, 0.2) is 28.7 Å². The molecule has 0 radical (unpaired) electrons. The van der Waals surface area contributed by atoms with Gasteiger partial charge in [0.25, 0.3) is 0 Å². The lowest BCUT2D eigenvalue weighted by molar-refractivity contribution is 0.603. The number of anilines is 1. The summed E-state index contributed by atoms with van der Waals surface area (Å²) in [4.78, 5) is 4.77. The number of aromatic nitrogens is 2. The van der Waals surface area contributed by atoms with Crippen molar-refractivity contribution >= 4 is 21.9 Å². The SMILES string of the molecule is NCCc1c(-c2ccccc2Br)nc2n1CCCN2. The highest BCUT2D eigenvalue weighted by molar-refractivity contribution is 9.10. The van der Waals surface area contributed by atoms with Crippen molar-refractivity contribution in [2.75, 3.05) is 18.4 Å². The zero-order valence-corrected chi connectivity index (χ0v) is 12.3. The van der Waals surface area contributed by atoms with E-state index in [0.717, 1.165) is 47.6 Å². The lowest BCUT2D eigenvalue weighted by atomic mass is 10.1. The molecule has 3 rings (SSSR count). The highest BCUT2D eigenvalue weighted by Crippen LogP contribution is 2.33. The number of nitrogens with one attached hydrogen (secondary N) is 1. The zero-order valence-electron chi connectivity index (χ0n) is 10.7. The molecule has 0 bridgehead atoms. The van der Waals surface area contributed by atoms with Crippen molar-refractivity contribution in [2.24, 2.45) is 5.73 Å². The van der Waals surface area contributed by atoms with Crippen molar-refractivity contribution in [3.63, 3.8) is 0 Å². The molecule has 0 fully saturated rings. The number of nitrogens with two attached hydrogens (primary N) is 1. The number of imidazole rings is 1. The Kier molecular flexibility index (Phi) is 3.57. The fourth-order valence-corrected chi connectivity index (χ4v) is 3.03. The predicted molar refractivity (Wildman–Crippen MR) is 81.2 cm³/mol. The number of fused-ring (bicyclic) bond motifs is 1. The molecule has 2 aromatic rings. The van der Waals surface area contributed by atoms with Crippen LogP contribution in [-0.2, 0) is 13.0 Å². The minimum atomic E-state index is 0.641. The quantitative estimate of drug-likeness (QED) is 0.914. The van der Waals surface area contributed by atoms with Gasteiger partial charge in [0, 0.05) is 35.2 Å². The Morgan fingerprint density at radius 1 is 1.37 bits per heavy atom. The van der Waals surface area contributed by atoms with Gasteiger partial charge in [0.2, 0.25) is 5.95 Å². The minimum Gasteiger partial charge on any atom is -0.356 e. The Morgan fingerprint density at radius 3 is 3.00 bits per heavy atom. The van der Waals surface area contributed by atoms with Gasteiger partial charge in [-0.1, -0.05) is 34.1 Å². The topological polar surface area (TPSA) is 55.9 Å². The molecule has 0 amide bonds. The maximum absolute atomic E-state index is 5.76. The van der Waals surface area contributed by atoms with Crippen molar-refractivity contribution in [3.8, 4) is 11.3 Å². The summed E-state index contributed by atoms with van der Waals surface area (Å²) in [6, 6.07) is 8.20. The highest BCUT2D eigenvalue weighted by Gasteiger charge is 2.20. The average Bonchev–Trinajstić information content (AvgIpc) is 2.79. The number of halogens is 1. The summed E-state index contributed by atoms with van der Waals surface area (Å²) in [7, 11) is 0. The Morgan fingerprint density at radius 2 is 2.21 bits per heavy atom. The number of hydrogen-bond acceptors (Lipinski definition) is 3. The van der Waals surface area contributed by atoms with Gasteiger partial charge in [-0.25, -0.2) is 4.98 Å². The largest absolute Gasteiger partial charge is 0.356 e. The van der Waals surface area contributed by atoms with Crippen LogP contribution in [0.3, 0.4) is 0 Å². The predicted octanol–water partition coefficient (Wildman–Crippen LogP) is 2.63. The molecule has 1 aromatic carbocycles. The Bertz CT molecular complexity index is 591. The number of rotatable bonds is 3. The van der Waals surface area contributed by atoms with Crippen LogP contribution in [-0.4, -0.2) is 22.6 Å². The van der Waals surface area contributed by atoms with Crippen molar-refractivity contribution in [3.05, 3.63) is 34.4 Å². The van der Waals surface area contributed by atoms with Crippen LogP contribution in [0.2, 0.25) is 0 Å². The smallest absolute Gasteiger partial charge is 0.203 e. The monoisotopic (exact) mass is 320 g/mol. The van der Waals surface area contributed by atoms with Gasteiger partial charge in [-0.3, -0.25) is 0 Å². The summed E-state index contributed by atoms with van der Waals surface area (Å²) in [5.41, 5.74) is 9.18. The van der Waals surface area contributed by atoms with E-state index < -0.39 is 0 Å². The van der Waals surface area contributed by atoms with E-state index in [0.29, 0.717) is 6.54 Å². The molecule has 1 aliphatic heterocycles. The van der Waals surface area contributed by atoms with E-state index in [9.17, 15) is 0 Å². The Hall–Kier alpha value is -1.33. The molecule has 1 aromatic heterocycles. The molecule has 1 aliphatic rings. The second-order valence-corrected chi connectivity index (χ2v) is 5.54. The van der Waals surface area contributed by atoms with E-state index in [1.165, 1.54) is 5.69 Å². The molecule has 0 saturated heterocycles. The van der Waals surface area contributed by atoms with Gasteiger partial charge in [0.15, 0.2) is 0 Å². The van der Waals surface area contributed by atoms with E-state index in [1.807, 2.05) is 18.2 Å². The van der Waals surface area contributed by atoms with Gasteiger partial charge in [0.05, 0.1) is 5.69 Å². The molecule has 5 heteroatoms. The van der Waals surface area contributed by atoms with Crippen LogP contribution >= 0.6 is 15.9 Å². The summed E-state index contributed by atoms with van der Waals surface area (Å²) in [6.07, 6.45) is 1.99. The van der Waals surface area contributed by atoms with Gasteiger partial charge in [-0.2, -0.15) is 0 Å². The second-order valence-electron chi connectivity index (χ2n) is 4.68. The number of benzene rings is 1. The van der Waals surface area contributed by atoms with Crippen LogP contribution in [0.1, 0.15) is 12.1 Å². The first kappa shape index (κ1) is 12.7. The number of nitrogens with zero attached hydrogens (tertiary/aromatic N) is 2. The third-order valence-corrected chi connectivity index (χ3v) is 4.12. The molecular weight excluding hydrogens is 304 g/mol. The summed E-state index contributed by atoms with van der Waals surface area (Å²) in [5.74, 6) is 0.973. The molecule has 2 heterocycles. The Balaban J connectivity index is 2.15. The van der Waals surface area contributed by atoms with E-state index in [2.05, 4.69) is 31.9 Å². The molecule has 0 aliphatic carbocycles. The van der Waals surface area contributed by atoms with E-state index in [4.69, 9.17) is 10.7 Å². The van der Waals surface area contributed by atoms with Crippen molar-refractivity contribution in [1.29, 1.82) is 0 Å². The molecule has 0 saturated carbocycles. The van der Waals surface area contributed by atoms with E-state index in [1.54, 1.807) is 0 Å². The maximum atomic E-state index is 5.76. The first-order chi connectivity index (χ1) is 9.31. The standard InChI is InChI=1S/C14H17BrN4/c15-11-5-2-1-4-10(11)13-12(6-7-16)19-9-3-8-17-14(19)18-13/h1-2,4-5H,3,6-9,16H2,(H,17,18). The van der Waals surface area contributed by atoms with Crippen LogP contribution < -0.4 is 11.1 Å². The van der Waals surface area contributed by atoms with Gasteiger partial charge in [-0.15, -0.1) is 0 Å². The molecule has 0 spiro atoms. The zero-order chi connectivity index (χ0) is 13.2. The summed E-state index contributed by atoms with van der Waals surface area (Å²) in [6.45, 7) is 2.66. The second kappa shape index (κ2) is 5.35. The fraction of sp³-hybridized carbons (Fsp3) is 0.357. The average molecular weight is 321 g/mol. The third-order valence-electron chi connectivity index (χ3n) is 3.42. The minimum absolute atomic E-state index is 0.641. The third kappa shape index (κ3) is 2.28. The maximum Gasteiger partial charge on any atom is 0.203 e. The summed E-state index contributed by atoms with van der Waals surface area (Å²) < 4.78 is 3.34. The van der Waals surface area contributed by atoms with Gasteiger partial charge < -0.3 is 15.6 Å². The van der Waals surface area contributed by atoms with Crippen LogP contribution in [0, 0.1) is 0 Å². The summed E-state index contributed by atoms with van der Waals surface area (Å²) >= 11 is 3.61. The van der Waals surface area contributed by atoms with Crippen LogP contribution in [0.5, 0.6) is 0 Å². The van der Waals surface area contributed by atoms with Gasteiger partial charge in [0.1, 0.15) is 0 Å². The number of hydrogen-bond donors (Lipinski definition) is 2. The first-order valence-electron chi connectivity index (χ1n) is 6.59. The van der Waals surface area contributed by atoms with Gasteiger partial charge >= 0.3 is 0 Å². The molecule has 0 atom stereocenters. The molecule has 100 valence electrons. The molecule has 4 nitrogen and oxygen atoms in total. The summed E-state index contributed by atoms with van der Waals surface area (Å²) in [5, 5.41) is 3.37. The first-order valence-corrected chi connectivity index (χ1v) is 7.39. The molecule has 19 heavy (non-hydrogen) atoms. The highest BCUT2D eigenvalue weighted by atomic mass is 79.9. The van der Waals surface area contributed by atoms with Crippen LogP contribution in [0.25, 0.3) is 11.3 Å². The lowest BCUT2D eigenvalue weighted by Crippen LogP contribution is -2.19. The fourth-order valence-electron chi connectivity index (χ4n) is 2.56.